The van der Waals surface area contributed by atoms with Crippen LogP contribution >= 0.6 is 0 Å². The molecule has 1 aromatic carbocycles. The van der Waals surface area contributed by atoms with Gasteiger partial charge in [-0.3, -0.25) is 14.2 Å². The maximum Gasteiger partial charge on any atom is 0.307 e. The third-order valence-electron chi connectivity index (χ3n) is 3.72. The number of hydrogen-bond donors (Lipinski definition) is 1. The van der Waals surface area contributed by atoms with E-state index in [-0.39, 0.29) is 18.2 Å². The molecule has 1 saturated carbocycles. The third kappa shape index (κ3) is 1.93. The van der Waals surface area contributed by atoms with Crippen molar-refractivity contribution in [1.29, 1.82) is 0 Å². The lowest BCUT2D eigenvalue weighted by Crippen LogP contribution is -2.14. The van der Waals surface area contributed by atoms with Gasteiger partial charge >= 0.3 is 5.97 Å². The van der Waals surface area contributed by atoms with Crippen LogP contribution in [0.15, 0.2) is 24.3 Å². The Hall–Kier alpha value is -2.10. The molecule has 0 amide bonds. The number of aromatic nitrogens is 1. The van der Waals surface area contributed by atoms with E-state index in [9.17, 15) is 9.59 Å². The molecule has 3 rings (SSSR count). The molecule has 98 valence electrons. The molecular weight excluding hydrogens is 242 g/mol. The summed E-state index contributed by atoms with van der Waals surface area (Å²) in [6, 6.07) is 7.52. The smallest absolute Gasteiger partial charge is 0.307 e. The van der Waals surface area contributed by atoms with E-state index in [1.807, 2.05) is 31.2 Å². The molecular formula is C15H15NO3. The van der Waals surface area contributed by atoms with Gasteiger partial charge in [-0.15, -0.1) is 0 Å². The van der Waals surface area contributed by atoms with Gasteiger partial charge in [-0.2, -0.15) is 0 Å². The fourth-order valence-corrected chi connectivity index (χ4v) is 2.61. The van der Waals surface area contributed by atoms with Crippen LogP contribution in [-0.2, 0) is 11.2 Å². The third-order valence-corrected chi connectivity index (χ3v) is 3.72. The minimum Gasteiger partial charge on any atom is -0.481 e. The number of nitrogens with zero attached hydrogens (tertiary/aromatic N) is 1. The van der Waals surface area contributed by atoms with Gasteiger partial charge < -0.3 is 5.11 Å². The Morgan fingerprint density at radius 1 is 1.32 bits per heavy atom. The van der Waals surface area contributed by atoms with Crippen LogP contribution in [0.1, 0.15) is 28.9 Å². The first kappa shape index (κ1) is 12.0. The molecule has 4 heteroatoms. The Morgan fingerprint density at radius 2 is 2.00 bits per heavy atom. The van der Waals surface area contributed by atoms with Gasteiger partial charge in [0.25, 0.3) is 0 Å². The molecule has 1 aliphatic carbocycles. The van der Waals surface area contributed by atoms with Crippen LogP contribution in [0.4, 0.5) is 0 Å². The standard InChI is InChI=1S/C15H15NO3/c1-9-12(8-14(17)18)11-4-2-3-5-13(11)16(9)15(19)10-6-7-10/h2-5,10H,6-8H2,1H3,(H,17,18). The zero-order valence-corrected chi connectivity index (χ0v) is 10.7. The summed E-state index contributed by atoms with van der Waals surface area (Å²) in [5.41, 5.74) is 2.34. The number of carbonyl (C=O) groups is 2. The molecule has 4 nitrogen and oxygen atoms in total. The highest BCUT2D eigenvalue weighted by molar-refractivity contribution is 5.98. The molecule has 1 aliphatic rings. The number of carboxylic acids is 1. The molecule has 0 atom stereocenters. The van der Waals surface area contributed by atoms with Crippen LogP contribution in [-0.4, -0.2) is 21.6 Å². The quantitative estimate of drug-likeness (QED) is 0.919. The Kier molecular flexibility index (Phi) is 2.66. The molecule has 1 aromatic heterocycles. The summed E-state index contributed by atoms with van der Waals surface area (Å²) >= 11 is 0. The summed E-state index contributed by atoms with van der Waals surface area (Å²) in [5, 5.41) is 9.90. The van der Waals surface area contributed by atoms with Gasteiger partial charge in [0.15, 0.2) is 0 Å². The first-order chi connectivity index (χ1) is 9.09. The largest absolute Gasteiger partial charge is 0.481 e. The number of carboxylic acid groups (broad SMARTS) is 1. The summed E-state index contributed by atoms with van der Waals surface area (Å²) < 4.78 is 1.70. The van der Waals surface area contributed by atoms with Crippen LogP contribution < -0.4 is 0 Å². The van der Waals surface area contributed by atoms with Crippen LogP contribution in [0.2, 0.25) is 0 Å². The van der Waals surface area contributed by atoms with E-state index in [1.54, 1.807) is 4.57 Å². The van der Waals surface area contributed by atoms with Gasteiger partial charge in [-0.1, -0.05) is 18.2 Å². The summed E-state index contributed by atoms with van der Waals surface area (Å²) in [4.78, 5) is 23.4. The lowest BCUT2D eigenvalue weighted by Gasteiger charge is -2.05. The van der Waals surface area contributed by atoms with Crippen LogP contribution in [0.5, 0.6) is 0 Å². The van der Waals surface area contributed by atoms with Gasteiger partial charge in [-0.05, 0) is 31.4 Å². The van der Waals surface area contributed by atoms with E-state index in [4.69, 9.17) is 5.11 Å². The summed E-state index contributed by atoms with van der Waals surface area (Å²) in [6.07, 6.45) is 1.84. The van der Waals surface area contributed by atoms with E-state index in [1.165, 1.54) is 0 Å². The topological polar surface area (TPSA) is 59.3 Å². The van der Waals surface area contributed by atoms with Gasteiger partial charge in [0.05, 0.1) is 11.9 Å². The molecule has 0 radical (unpaired) electrons. The molecule has 0 spiro atoms. The van der Waals surface area contributed by atoms with Crippen molar-refractivity contribution in [3.63, 3.8) is 0 Å². The number of carbonyl (C=O) groups excluding carboxylic acids is 1. The van der Waals surface area contributed by atoms with Gasteiger partial charge in [0, 0.05) is 17.0 Å². The Morgan fingerprint density at radius 3 is 2.63 bits per heavy atom. The molecule has 1 fully saturated rings. The second-order valence-electron chi connectivity index (χ2n) is 5.10. The predicted molar refractivity (Wildman–Crippen MR) is 71.4 cm³/mol. The summed E-state index contributed by atoms with van der Waals surface area (Å²) in [7, 11) is 0. The number of benzene rings is 1. The number of aliphatic carboxylic acids is 1. The van der Waals surface area contributed by atoms with Gasteiger partial charge in [-0.25, -0.2) is 0 Å². The van der Waals surface area contributed by atoms with Crippen molar-refractivity contribution in [2.45, 2.75) is 26.2 Å². The Bertz CT molecular complexity index is 680. The average molecular weight is 257 g/mol. The van der Waals surface area contributed by atoms with Crippen LogP contribution in [0, 0.1) is 12.8 Å². The second-order valence-corrected chi connectivity index (χ2v) is 5.10. The first-order valence-electron chi connectivity index (χ1n) is 6.44. The zero-order valence-electron chi connectivity index (χ0n) is 10.7. The SMILES string of the molecule is Cc1c(CC(=O)O)c2ccccc2n1C(=O)C1CC1. The Labute approximate surface area is 110 Å². The first-order valence-corrected chi connectivity index (χ1v) is 6.44. The van der Waals surface area contributed by atoms with Gasteiger partial charge in [0.1, 0.15) is 0 Å². The van der Waals surface area contributed by atoms with E-state index < -0.39 is 5.97 Å². The normalized spacial score (nSPS) is 14.8. The lowest BCUT2D eigenvalue weighted by molar-refractivity contribution is -0.136. The predicted octanol–water partition coefficient (Wildman–Crippen LogP) is 2.63. The zero-order chi connectivity index (χ0) is 13.6. The van der Waals surface area contributed by atoms with E-state index in [0.717, 1.165) is 35.0 Å². The average Bonchev–Trinajstić information content (AvgIpc) is 3.17. The molecule has 1 heterocycles. The highest BCUT2D eigenvalue weighted by Crippen LogP contribution is 2.34. The lowest BCUT2D eigenvalue weighted by atomic mass is 10.1. The van der Waals surface area contributed by atoms with Gasteiger partial charge in [0.2, 0.25) is 5.91 Å². The molecule has 0 unspecified atom stereocenters. The van der Waals surface area contributed by atoms with Crippen LogP contribution in [0.3, 0.4) is 0 Å². The molecule has 19 heavy (non-hydrogen) atoms. The number of para-hydroxylation sites is 1. The highest BCUT2D eigenvalue weighted by atomic mass is 16.4. The molecule has 1 N–H and O–H groups in total. The fraction of sp³-hybridized carbons (Fsp3) is 0.333. The van der Waals surface area contributed by atoms with Crippen molar-refractivity contribution in [3.05, 3.63) is 35.5 Å². The second kappa shape index (κ2) is 4.23. The van der Waals surface area contributed by atoms with E-state index in [0.29, 0.717) is 0 Å². The van der Waals surface area contributed by atoms with Crippen molar-refractivity contribution in [3.8, 4) is 0 Å². The van der Waals surface area contributed by atoms with Crippen molar-refractivity contribution in [2.75, 3.05) is 0 Å². The minimum absolute atomic E-state index is 0.0444. The van der Waals surface area contributed by atoms with Crippen molar-refractivity contribution in [1.82, 2.24) is 4.57 Å². The van der Waals surface area contributed by atoms with Crippen molar-refractivity contribution in [2.24, 2.45) is 5.92 Å². The molecule has 2 aromatic rings. The highest BCUT2D eigenvalue weighted by Gasteiger charge is 2.33. The molecule has 0 saturated heterocycles. The summed E-state index contributed by atoms with van der Waals surface area (Å²) in [6.45, 7) is 1.83. The Balaban J connectivity index is 2.23. The fourth-order valence-electron chi connectivity index (χ4n) is 2.61. The minimum atomic E-state index is -0.870. The monoisotopic (exact) mass is 257 g/mol. The maximum atomic E-state index is 12.4. The summed E-state index contributed by atoms with van der Waals surface area (Å²) in [5.74, 6) is -0.651. The van der Waals surface area contributed by atoms with E-state index >= 15 is 0 Å². The number of fused-ring (bicyclic) bond motifs is 1. The van der Waals surface area contributed by atoms with Crippen LogP contribution in [0.25, 0.3) is 10.9 Å². The van der Waals surface area contributed by atoms with Crippen molar-refractivity contribution < 1.29 is 14.7 Å². The molecule has 0 aliphatic heterocycles. The van der Waals surface area contributed by atoms with Crippen molar-refractivity contribution >= 4 is 22.8 Å². The maximum absolute atomic E-state index is 12.4. The molecule has 0 bridgehead atoms. The number of hydrogen-bond acceptors (Lipinski definition) is 2. The van der Waals surface area contributed by atoms with E-state index in [2.05, 4.69) is 0 Å². The number of rotatable bonds is 3.